The SMILES string of the molecule is Nc1nc(=O)n([C@]2(O)[C@H](O)CCO[C@@H]2CO)cc1F. The second kappa shape index (κ2) is 4.85. The molecule has 0 radical (unpaired) electrons. The van der Waals surface area contributed by atoms with Crippen LogP contribution in [0.25, 0.3) is 0 Å². The van der Waals surface area contributed by atoms with Crippen LogP contribution < -0.4 is 11.4 Å². The van der Waals surface area contributed by atoms with Gasteiger partial charge in [-0.05, 0) is 0 Å². The van der Waals surface area contributed by atoms with Gasteiger partial charge in [-0.1, -0.05) is 0 Å². The van der Waals surface area contributed by atoms with Crippen molar-refractivity contribution in [2.75, 3.05) is 18.9 Å². The molecule has 0 aromatic carbocycles. The van der Waals surface area contributed by atoms with Gasteiger partial charge in [0.05, 0.1) is 12.8 Å². The highest BCUT2D eigenvalue weighted by Gasteiger charge is 2.49. The first-order valence-corrected chi connectivity index (χ1v) is 5.59. The van der Waals surface area contributed by atoms with Crippen LogP contribution in [-0.4, -0.2) is 50.3 Å². The summed E-state index contributed by atoms with van der Waals surface area (Å²) >= 11 is 0. The van der Waals surface area contributed by atoms with Crippen molar-refractivity contribution in [2.45, 2.75) is 24.4 Å². The van der Waals surface area contributed by atoms with Gasteiger partial charge in [0, 0.05) is 13.0 Å². The van der Waals surface area contributed by atoms with E-state index in [-0.39, 0.29) is 13.0 Å². The molecule has 1 aromatic heterocycles. The predicted molar refractivity (Wildman–Crippen MR) is 60.5 cm³/mol. The van der Waals surface area contributed by atoms with Crippen LogP contribution in [0.1, 0.15) is 6.42 Å². The number of aliphatic hydroxyl groups is 3. The number of hydrogen-bond acceptors (Lipinski definition) is 7. The summed E-state index contributed by atoms with van der Waals surface area (Å²) in [7, 11) is 0. The first-order valence-electron chi connectivity index (χ1n) is 5.59. The number of ether oxygens (including phenoxy) is 1. The quantitative estimate of drug-likeness (QED) is 0.479. The van der Waals surface area contributed by atoms with E-state index < -0.39 is 41.9 Å². The Morgan fingerprint density at radius 2 is 2.37 bits per heavy atom. The molecule has 0 bridgehead atoms. The Kier molecular flexibility index (Phi) is 3.54. The van der Waals surface area contributed by atoms with E-state index in [1.54, 1.807) is 0 Å². The van der Waals surface area contributed by atoms with E-state index in [1.807, 2.05) is 0 Å². The van der Waals surface area contributed by atoms with Crippen molar-refractivity contribution >= 4 is 5.82 Å². The van der Waals surface area contributed by atoms with Crippen LogP contribution in [0, 0.1) is 5.82 Å². The van der Waals surface area contributed by atoms with Crippen LogP contribution >= 0.6 is 0 Å². The number of hydrogen-bond donors (Lipinski definition) is 4. The van der Waals surface area contributed by atoms with Crippen molar-refractivity contribution < 1.29 is 24.4 Å². The Morgan fingerprint density at radius 3 is 3.00 bits per heavy atom. The highest BCUT2D eigenvalue weighted by Crippen LogP contribution is 2.30. The van der Waals surface area contributed by atoms with Gasteiger partial charge in [0.1, 0.15) is 12.2 Å². The van der Waals surface area contributed by atoms with E-state index >= 15 is 0 Å². The molecule has 5 N–H and O–H groups in total. The standard InChI is InChI=1S/C10H14FN3O5/c11-5-3-14(9(17)13-8(5)12)10(18)6(16)1-2-19-7(10)4-15/h3,6-7,15-16,18H,1-2,4H2,(H2,12,13,17)/t6-,7-,10+/m1/s1. The minimum absolute atomic E-state index is 0.0193. The zero-order valence-corrected chi connectivity index (χ0v) is 9.86. The largest absolute Gasteiger partial charge is 0.393 e. The highest BCUT2D eigenvalue weighted by molar-refractivity contribution is 5.27. The molecule has 1 aromatic rings. The number of aromatic nitrogens is 2. The van der Waals surface area contributed by atoms with E-state index in [2.05, 4.69) is 4.98 Å². The molecule has 0 spiro atoms. The lowest BCUT2D eigenvalue weighted by Gasteiger charge is -2.43. The molecule has 0 aliphatic carbocycles. The summed E-state index contributed by atoms with van der Waals surface area (Å²) in [6.07, 6.45) is -2.05. The third-order valence-electron chi connectivity index (χ3n) is 3.14. The molecule has 9 heteroatoms. The minimum atomic E-state index is -2.30. The van der Waals surface area contributed by atoms with Gasteiger partial charge in [0.25, 0.3) is 0 Å². The fraction of sp³-hybridized carbons (Fsp3) is 0.600. The summed E-state index contributed by atoms with van der Waals surface area (Å²) in [5.74, 6) is -1.64. The summed E-state index contributed by atoms with van der Waals surface area (Å²) in [6.45, 7) is -0.569. The highest BCUT2D eigenvalue weighted by atomic mass is 19.1. The van der Waals surface area contributed by atoms with Crippen molar-refractivity contribution in [3.05, 3.63) is 22.5 Å². The van der Waals surface area contributed by atoms with Gasteiger partial charge in [0.15, 0.2) is 11.6 Å². The zero-order chi connectivity index (χ0) is 14.2. The number of nitrogens with zero attached hydrogens (tertiary/aromatic N) is 2. The van der Waals surface area contributed by atoms with Crippen LogP contribution in [0.15, 0.2) is 11.0 Å². The van der Waals surface area contributed by atoms with Crippen molar-refractivity contribution in [1.29, 1.82) is 0 Å². The molecule has 1 fully saturated rings. The third-order valence-corrected chi connectivity index (χ3v) is 3.14. The van der Waals surface area contributed by atoms with E-state index in [1.165, 1.54) is 0 Å². The Bertz CT molecular complexity index is 536. The van der Waals surface area contributed by atoms with E-state index in [9.17, 15) is 24.5 Å². The van der Waals surface area contributed by atoms with Gasteiger partial charge < -0.3 is 25.8 Å². The fourth-order valence-electron chi connectivity index (χ4n) is 2.08. The molecule has 1 aliphatic heterocycles. The molecule has 2 heterocycles. The van der Waals surface area contributed by atoms with Gasteiger partial charge in [0.2, 0.25) is 5.72 Å². The van der Waals surface area contributed by atoms with E-state index in [0.29, 0.717) is 10.8 Å². The smallest absolute Gasteiger partial charge is 0.352 e. The second-order valence-corrected chi connectivity index (χ2v) is 4.26. The van der Waals surface area contributed by atoms with Crippen molar-refractivity contribution in [1.82, 2.24) is 9.55 Å². The maximum Gasteiger partial charge on any atom is 0.352 e. The second-order valence-electron chi connectivity index (χ2n) is 4.26. The van der Waals surface area contributed by atoms with Crippen molar-refractivity contribution in [3.63, 3.8) is 0 Å². The Morgan fingerprint density at radius 1 is 1.68 bits per heavy atom. The molecule has 0 amide bonds. The summed E-state index contributed by atoms with van der Waals surface area (Å²) in [5.41, 5.74) is 1.79. The third kappa shape index (κ3) is 2.10. The predicted octanol–water partition coefficient (Wildman–Crippen LogP) is -2.25. The van der Waals surface area contributed by atoms with Crippen molar-refractivity contribution in [2.24, 2.45) is 0 Å². The first kappa shape index (κ1) is 13.9. The Balaban J connectivity index is 2.59. The molecule has 106 valence electrons. The fourth-order valence-corrected chi connectivity index (χ4v) is 2.08. The molecule has 19 heavy (non-hydrogen) atoms. The van der Waals surface area contributed by atoms with E-state index in [0.717, 1.165) is 0 Å². The molecule has 1 aliphatic rings. The maximum absolute atomic E-state index is 13.4. The average molecular weight is 275 g/mol. The van der Waals surface area contributed by atoms with Gasteiger partial charge >= 0.3 is 5.69 Å². The number of halogens is 1. The van der Waals surface area contributed by atoms with Crippen LogP contribution in [0.3, 0.4) is 0 Å². The molecular formula is C10H14FN3O5. The number of aliphatic hydroxyl groups excluding tert-OH is 2. The number of nitrogens with two attached hydrogens (primary N) is 1. The van der Waals surface area contributed by atoms with Crippen LogP contribution in [0.4, 0.5) is 10.2 Å². The lowest BCUT2D eigenvalue weighted by atomic mass is 9.94. The molecular weight excluding hydrogens is 261 g/mol. The van der Waals surface area contributed by atoms with Gasteiger partial charge in [-0.2, -0.15) is 4.98 Å². The van der Waals surface area contributed by atoms with Crippen LogP contribution in [0.2, 0.25) is 0 Å². The summed E-state index contributed by atoms with van der Waals surface area (Å²) < 4.78 is 19.0. The van der Waals surface area contributed by atoms with Gasteiger partial charge in [-0.3, -0.25) is 4.57 Å². The molecule has 3 atom stereocenters. The number of nitrogen functional groups attached to an aromatic ring is 1. The zero-order valence-electron chi connectivity index (χ0n) is 9.86. The average Bonchev–Trinajstić information content (AvgIpc) is 2.37. The lowest BCUT2D eigenvalue weighted by Crippen LogP contribution is -2.62. The molecule has 0 saturated carbocycles. The Hall–Kier alpha value is -1.55. The monoisotopic (exact) mass is 275 g/mol. The van der Waals surface area contributed by atoms with Crippen LogP contribution in [-0.2, 0) is 10.5 Å². The van der Waals surface area contributed by atoms with E-state index in [4.69, 9.17) is 10.5 Å². The summed E-state index contributed by atoms with van der Waals surface area (Å²) in [5, 5.41) is 29.5. The molecule has 1 saturated heterocycles. The summed E-state index contributed by atoms with van der Waals surface area (Å²) in [4.78, 5) is 14.9. The molecule has 8 nitrogen and oxygen atoms in total. The normalized spacial score (nSPS) is 31.4. The van der Waals surface area contributed by atoms with Crippen LogP contribution in [0.5, 0.6) is 0 Å². The first-order chi connectivity index (χ1) is 8.91. The maximum atomic E-state index is 13.4. The van der Waals surface area contributed by atoms with Gasteiger partial charge in [-0.25, -0.2) is 9.18 Å². The minimum Gasteiger partial charge on any atom is -0.393 e. The van der Waals surface area contributed by atoms with Crippen molar-refractivity contribution in [3.8, 4) is 0 Å². The molecule has 0 unspecified atom stereocenters. The molecule has 2 rings (SSSR count). The Labute approximate surface area is 106 Å². The summed E-state index contributed by atoms with van der Waals surface area (Å²) in [6, 6.07) is 0. The lowest BCUT2D eigenvalue weighted by molar-refractivity contribution is -0.257. The number of anilines is 1. The van der Waals surface area contributed by atoms with Gasteiger partial charge in [-0.15, -0.1) is 0 Å². The topological polar surface area (TPSA) is 131 Å². The number of rotatable bonds is 2.